The van der Waals surface area contributed by atoms with Gasteiger partial charge in [-0.1, -0.05) is 91.0 Å². The molecule has 4 rings (SSSR count). The first kappa shape index (κ1) is 20.6. The van der Waals surface area contributed by atoms with Gasteiger partial charge in [0.15, 0.2) is 23.3 Å². The number of hydrogen-bond acceptors (Lipinski definition) is 0. The van der Waals surface area contributed by atoms with Crippen LogP contribution in [0.25, 0.3) is 34.4 Å². The van der Waals surface area contributed by atoms with E-state index in [-0.39, 0.29) is 22.3 Å². The molecule has 0 atom stereocenters. The van der Waals surface area contributed by atoms with Crippen molar-refractivity contribution < 1.29 is 17.6 Å². The Hall–Kier alpha value is -3.66. The van der Waals surface area contributed by atoms with E-state index in [1.54, 1.807) is 66.7 Å². The molecule has 0 radical (unpaired) electrons. The normalized spacial score (nSPS) is 11.3. The van der Waals surface area contributed by atoms with Crippen molar-refractivity contribution in [2.24, 2.45) is 0 Å². The van der Waals surface area contributed by atoms with Crippen LogP contribution in [0.2, 0.25) is 0 Å². The van der Waals surface area contributed by atoms with Crippen LogP contribution in [0.3, 0.4) is 0 Å². The second-order valence-corrected chi connectivity index (χ2v) is 7.21. The Balaban J connectivity index is 1.60. The van der Waals surface area contributed by atoms with Crippen LogP contribution in [0.1, 0.15) is 16.7 Å². The quantitative estimate of drug-likeness (QED) is 0.232. The first-order valence-electron chi connectivity index (χ1n) is 9.72. The summed E-state index contributed by atoms with van der Waals surface area (Å²) in [5.74, 6) is -3.58. The van der Waals surface area contributed by atoms with E-state index in [0.29, 0.717) is 16.7 Å². The van der Waals surface area contributed by atoms with Crippen molar-refractivity contribution in [1.29, 1.82) is 0 Å². The van der Waals surface area contributed by atoms with Gasteiger partial charge >= 0.3 is 0 Å². The molecule has 0 unspecified atom stereocenters. The van der Waals surface area contributed by atoms with Gasteiger partial charge in [-0.2, -0.15) is 0 Å². The molecule has 4 heteroatoms. The fourth-order valence-corrected chi connectivity index (χ4v) is 3.36. The molecule has 0 saturated carbocycles. The molecule has 0 nitrogen and oxygen atoms in total. The minimum Gasteiger partial charge on any atom is -0.203 e. The monoisotopic (exact) mass is 418 g/mol. The molecule has 0 aliphatic heterocycles. The molecule has 0 N–H and O–H groups in total. The molecular formula is C27H18F4. The number of aryl methyl sites for hydroxylation is 1. The summed E-state index contributed by atoms with van der Waals surface area (Å²) in [6, 6.07) is 21.7. The molecule has 31 heavy (non-hydrogen) atoms. The number of benzene rings is 4. The smallest absolute Gasteiger partial charge is 0.167 e. The van der Waals surface area contributed by atoms with Crippen LogP contribution < -0.4 is 0 Å². The maximum absolute atomic E-state index is 14.8. The fourth-order valence-electron chi connectivity index (χ4n) is 3.36. The van der Waals surface area contributed by atoms with Crippen molar-refractivity contribution >= 4 is 12.2 Å². The lowest BCUT2D eigenvalue weighted by molar-refractivity contribution is 0.501. The molecule has 0 aliphatic carbocycles. The van der Waals surface area contributed by atoms with Crippen molar-refractivity contribution in [2.75, 3.05) is 0 Å². The predicted molar refractivity (Wildman–Crippen MR) is 117 cm³/mol. The average Bonchev–Trinajstić information content (AvgIpc) is 2.80. The van der Waals surface area contributed by atoms with Gasteiger partial charge in [0.25, 0.3) is 0 Å². The third kappa shape index (κ3) is 4.15. The zero-order valence-electron chi connectivity index (χ0n) is 16.7. The topological polar surface area (TPSA) is 0 Å². The van der Waals surface area contributed by atoms with Gasteiger partial charge in [-0.05, 0) is 29.2 Å². The van der Waals surface area contributed by atoms with E-state index in [1.165, 1.54) is 25.1 Å². The molecule has 0 aliphatic rings. The largest absolute Gasteiger partial charge is 0.203 e. The zero-order valence-corrected chi connectivity index (χ0v) is 16.7. The fraction of sp³-hybridized carbons (Fsp3) is 0.0370. The maximum atomic E-state index is 14.8. The van der Waals surface area contributed by atoms with E-state index in [1.807, 2.05) is 6.07 Å². The molecule has 0 bridgehead atoms. The minimum atomic E-state index is -0.915. The summed E-state index contributed by atoms with van der Waals surface area (Å²) in [6.45, 7) is 1.50. The lowest BCUT2D eigenvalue weighted by Crippen LogP contribution is -1.94. The second kappa shape index (κ2) is 8.60. The summed E-state index contributed by atoms with van der Waals surface area (Å²) in [5.41, 5.74) is 2.56. The summed E-state index contributed by atoms with van der Waals surface area (Å²) in [6.07, 6.45) is 3.11. The molecule has 0 amide bonds. The van der Waals surface area contributed by atoms with Crippen molar-refractivity contribution in [3.05, 3.63) is 119 Å². The van der Waals surface area contributed by atoms with Crippen LogP contribution in [-0.4, -0.2) is 0 Å². The van der Waals surface area contributed by atoms with E-state index < -0.39 is 23.3 Å². The third-order valence-electron chi connectivity index (χ3n) is 5.15. The van der Waals surface area contributed by atoms with Gasteiger partial charge in [0.05, 0.1) is 0 Å². The van der Waals surface area contributed by atoms with Crippen LogP contribution in [0.5, 0.6) is 0 Å². The highest BCUT2D eigenvalue weighted by molar-refractivity contribution is 5.74. The Labute approximate surface area is 178 Å². The highest BCUT2D eigenvalue weighted by atomic mass is 19.2. The highest BCUT2D eigenvalue weighted by Crippen LogP contribution is 2.31. The number of rotatable bonds is 4. The predicted octanol–water partition coefficient (Wildman–Crippen LogP) is 8.06. The molecule has 4 aromatic carbocycles. The lowest BCUT2D eigenvalue weighted by atomic mass is 9.98. The standard InChI is InChI=1S/C27H18F4/c1-17-7-11-21(25(29)24(17)28)14-10-18-8-12-20(13-9-18)23-16-15-22(26(30)27(23)31)19-5-3-2-4-6-19/h2-16H,1H3. The molecular weight excluding hydrogens is 400 g/mol. The Morgan fingerprint density at radius 1 is 0.516 bits per heavy atom. The Bertz CT molecular complexity index is 1260. The van der Waals surface area contributed by atoms with Crippen LogP contribution in [0.15, 0.2) is 78.9 Å². The Morgan fingerprint density at radius 3 is 1.71 bits per heavy atom. The van der Waals surface area contributed by atoms with Gasteiger partial charge in [0, 0.05) is 16.7 Å². The zero-order chi connectivity index (χ0) is 22.0. The van der Waals surface area contributed by atoms with Crippen molar-refractivity contribution in [3.8, 4) is 22.3 Å². The summed E-state index contributed by atoms with van der Waals surface area (Å²) < 4.78 is 57.1. The van der Waals surface area contributed by atoms with Crippen LogP contribution in [0.4, 0.5) is 17.6 Å². The van der Waals surface area contributed by atoms with Crippen molar-refractivity contribution in [3.63, 3.8) is 0 Å². The van der Waals surface area contributed by atoms with Gasteiger partial charge < -0.3 is 0 Å². The maximum Gasteiger partial charge on any atom is 0.167 e. The van der Waals surface area contributed by atoms with Crippen LogP contribution in [0, 0.1) is 30.2 Å². The van der Waals surface area contributed by atoms with Gasteiger partial charge in [-0.15, -0.1) is 0 Å². The molecule has 0 aromatic heterocycles. The highest BCUT2D eigenvalue weighted by Gasteiger charge is 2.15. The minimum absolute atomic E-state index is 0.136. The summed E-state index contributed by atoms with van der Waals surface area (Å²) in [4.78, 5) is 0. The first-order valence-corrected chi connectivity index (χ1v) is 9.72. The molecule has 0 fully saturated rings. The van der Waals surface area contributed by atoms with E-state index in [4.69, 9.17) is 0 Å². The Morgan fingerprint density at radius 2 is 1.10 bits per heavy atom. The van der Waals surface area contributed by atoms with Crippen molar-refractivity contribution in [1.82, 2.24) is 0 Å². The molecule has 0 saturated heterocycles. The van der Waals surface area contributed by atoms with E-state index in [2.05, 4.69) is 0 Å². The average molecular weight is 418 g/mol. The van der Waals surface area contributed by atoms with Crippen LogP contribution >= 0.6 is 0 Å². The Kier molecular flexibility index (Phi) is 5.72. The first-order chi connectivity index (χ1) is 15.0. The number of halogens is 4. The third-order valence-corrected chi connectivity index (χ3v) is 5.15. The van der Waals surface area contributed by atoms with Gasteiger partial charge in [-0.25, -0.2) is 17.6 Å². The lowest BCUT2D eigenvalue weighted by Gasteiger charge is -2.09. The van der Waals surface area contributed by atoms with Gasteiger partial charge in [-0.3, -0.25) is 0 Å². The van der Waals surface area contributed by atoms with Gasteiger partial charge in [0.2, 0.25) is 0 Å². The van der Waals surface area contributed by atoms with Crippen LogP contribution in [-0.2, 0) is 0 Å². The van der Waals surface area contributed by atoms with E-state index >= 15 is 0 Å². The van der Waals surface area contributed by atoms with Crippen molar-refractivity contribution in [2.45, 2.75) is 6.92 Å². The van der Waals surface area contributed by atoms with E-state index in [9.17, 15) is 17.6 Å². The summed E-state index contributed by atoms with van der Waals surface area (Å²) >= 11 is 0. The summed E-state index contributed by atoms with van der Waals surface area (Å²) in [7, 11) is 0. The van der Waals surface area contributed by atoms with Gasteiger partial charge in [0.1, 0.15) is 0 Å². The SMILES string of the molecule is Cc1ccc(C=Cc2ccc(-c3ccc(-c4ccccc4)c(F)c3F)cc2)c(F)c1F. The number of hydrogen-bond donors (Lipinski definition) is 0. The second-order valence-electron chi connectivity index (χ2n) is 7.21. The summed E-state index contributed by atoms with van der Waals surface area (Å²) in [5, 5.41) is 0. The van der Waals surface area contributed by atoms with E-state index in [0.717, 1.165) is 0 Å². The molecule has 0 spiro atoms. The molecule has 4 aromatic rings. The molecule has 154 valence electrons. The molecule has 0 heterocycles.